The molecule has 116 valence electrons. The van der Waals surface area contributed by atoms with E-state index in [1.54, 1.807) is 0 Å². The fourth-order valence-corrected chi connectivity index (χ4v) is 2.67. The molecular weight excluding hydrogens is 258 g/mol. The molecule has 0 aliphatic heterocycles. The summed E-state index contributed by atoms with van der Waals surface area (Å²) in [4.78, 5) is 4.59. The number of fused-ring (bicyclic) bond motifs is 1. The van der Waals surface area contributed by atoms with Crippen LogP contribution in [-0.4, -0.2) is 15.9 Å². The average molecular weight is 287 g/mol. The van der Waals surface area contributed by atoms with E-state index in [1.165, 1.54) is 51.4 Å². The maximum Gasteiger partial charge on any atom is 0.137 e. The second kappa shape index (κ2) is 9.56. The Labute approximate surface area is 128 Å². The number of pyridine rings is 1. The first-order chi connectivity index (χ1) is 10.4. The number of imidazole rings is 1. The molecule has 2 heterocycles. The van der Waals surface area contributed by atoms with Gasteiger partial charge in [-0.15, -0.1) is 0 Å². The highest BCUT2D eigenvalue weighted by molar-refractivity contribution is 5.39. The van der Waals surface area contributed by atoms with Gasteiger partial charge in [0, 0.05) is 18.9 Å². The molecule has 0 fully saturated rings. The third kappa shape index (κ3) is 5.88. The molecule has 0 aliphatic rings. The second-order valence-corrected chi connectivity index (χ2v) is 5.85. The van der Waals surface area contributed by atoms with Gasteiger partial charge in [-0.2, -0.15) is 0 Å². The Morgan fingerprint density at radius 1 is 1.00 bits per heavy atom. The zero-order valence-corrected chi connectivity index (χ0v) is 13.4. The zero-order chi connectivity index (χ0) is 14.8. The third-order valence-corrected chi connectivity index (χ3v) is 3.93. The van der Waals surface area contributed by atoms with Gasteiger partial charge < -0.3 is 9.72 Å². The van der Waals surface area contributed by atoms with Crippen LogP contribution in [-0.2, 0) is 6.54 Å². The van der Waals surface area contributed by atoms with Crippen LogP contribution in [0.1, 0.15) is 64.0 Å². The first-order valence-electron chi connectivity index (χ1n) is 8.53. The van der Waals surface area contributed by atoms with Gasteiger partial charge in [-0.3, -0.25) is 0 Å². The number of unbranched alkanes of at least 4 members (excludes halogenated alkanes) is 7. The summed E-state index contributed by atoms with van der Waals surface area (Å²) >= 11 is 0. The Morgan fingerprint density at radius 2 is 1.76 bits per heavy atom. The molecule has 0 unspecified atom stereocenters. The Kier molecular flexibility index (Phi) is 7.30. The lowest BCUT2D eigenvalue weighted by atomic mass is 10.1. The molecule has 21 heavy (non-hydrogen) atoms. The van der Waals surface area contributed by atoms with Crippen molar-refractivity contribution < 1.29 is 0 Å². The van der Waals surface area contributed by atoms with Gasteiger partial charge in [0.1, 0.15) is 5.65 Å². The Bertz CT molecular complexity index is 471. The fourth-order valence-electron chi connectivity index (χ4n) is 2.67. The summed E-state index contributed by atoms with van der Waals surface area (Å²) in [5, 5.41) is 3.50. The van der Waals surface area contributed by atoms with E-state index in [1.807, 2.05) is 24.4 Å². The van der Waals surface area contributed by atoms with Gasteiger partial charge in [-0.05, 0) is 25.1 Å². The first-order valence-corrected chi connectivity index (χ1v) is 8.53. The van der Waals surface area contributed by atoms with Crippen LogP contribution < -0.4 is 5.32 Å². The third-order valence-electron chi connectivity index (χ3n) is 3.93. The lowest BCUT2D eigenvalue weighted by Gasteiger charge is -2.03. The minimum atomic E-state index is 0.873. The summed E-state index contributed by atoms with van der Waals surface area (Å²) in [5.41, 5.74) is 2.15. The smallest absolute Gasteiger partial charge is 0.137 e. The molecule has 0 atom stereocenters. The van der Waals surface area contributed by atoms with Gasteiger partial charge in [-0.25, -0.2) is 4.98 Å². The molecule has 0 saturated heterocycles. The minimum Gasteiger partial charge on any atom is -0.311 e. The molecule has 0 aromatic carbocycles. The summed E-state index contributed by atoms with van der Waals surface area (Å²) in [6, 6.07) is 6.11. The SMILES string of the molecule is CCCCCCCCCCNCc1cn2ccccc2n1. The highest BCUT2D eigenvalue weighted by atomic mass is 15.0. The van der Waals surface area contributed by atoms with Gasteiger partial charge in [0.2, 0.25) is 0 Å². The van der Waals surface area contributed by atoms with Crippen molar-refractivity contribution in [2.24, 2.45) is 0 Å². The highest BCUT2D eigenvalue weighted by Gasteiger charge is 1.99. The first kappa shape index (κ1) is 16.0. The van der Waals surface area contributed by atoms with E-state index in [9.17, 15) is 0 Å². The lowest BCUT2D eigenvalue weighted by molar-refractivity contribution is 0.554. The van der Waals surface area contributed by atoms with E-state index in [-0.39, 0.29) is 0 Å². The highest BCUT2D eigenvalue weighted by Crippen LogP contribution is 2.08. The van der Waals surface area contributed by atoms with E-state index >= 15 is 0 Å². The number of nitrogens with zero attached hydrogens (tertiary/aromatic N) is 2. The van der Waals surface area contributed by atoms with Crippen molar-refractivity contribution in [2.45, 2.75) is 64.8 Å². The van der Waals surface area contributed by atoms with Crippen LogP contribution in [0.2, 0.25) is 0 Å². The molecule has 2 aromatic heterocycles. The zero-order valence-electron chi connectivity index (χ0n) is 13.4. The summed E-state index contributed by atoms with van der Waals surface area (Å²) in [7, 11) is 0. The van der Waals surface area contributed by atoms with Crippen molar-refractivity contribution in [3.63, 3.8) is 0 Å². The van der Waals surface area contributed by atoms with Crippen molar-refractivity contribution in [3.8, 4) is 0 Å². The predicted molar refractivity (Wildman–Crippen MR) is 89.5 cm³/mol. The lowest BCUT2D eigenvalue weighted by Crippen LogP contribution is -2.14. The molecule has 0 saturated carbocycles. The minimum absolute atomic E-state index is 0.873. The molecule has 0 bridgehead atoms. The molecule has 3 heteroatoms. The maximum absolute atomic E-state index is 4.59. The van der Waals surface area contributed by atoms with Gasteiger partial charge in [-0.1, -0.05) is 57.9 Å². The number of hydrogen-bond acceptors (Lipinski definition) is 2. The normalized spacial score (nSPS) is 11.3. The number of nitrogens with one attached hydrogen (secondary N) is 1. The van der Waals surface area contributed by atoms with Crippen LogP contribution in [0.25, 0.3) is 5.65 Å². The van der Waals surface area contributed by atoms with E-state index in [4.69, 9.17) is 0 Å². The van der Waals surface area contributed by atoms with E-state index < -0.39 is 0 Å². The van der Waals surface area contributed by atoms with E-state index in [2.05, 4.69) is 27.8 Å². The molecule has 0 spiro atoms. The van der Waals surface area contributed by atoms with Crippen molar-refractivity contribution in [3.05, 3.63) is 36.3 Å². The van der Waals surface area contributed by atoms with Gasteiger partial charge in [0.15, 0.2) is 0 Å². The largest absolute Gasteiger partial charge is 0.311 e. The Balaban J connectivity index is 1.50. The fraction of sp³-hybridized carbons (Fsp3) is 0.611. The number of hydrogen-bond donors (Lipinski definition) is 1. The topological polar surface area (TPSA) is 29.3 Å². The molecule has 1 N–H and O–H groups in total. The van der Waals surface area contributed by atoms with Crippen molar-refractivity contribution in [1.29, 1.82) is 0 Å². The molecule has 0 aliphatic carbocycles. The van der Waals surface area contributed by atoms with Gasteiger partial charge in [0.05, 0.1) is 5.69 Å². The quantitative estimate of drug-likeness (QED) is 0.614. The van der Waals surface area contributed by atoms with Gasteiger partial charge in [0.25, 0.3) is 0 Å². The van der Waals surface area contributed by atoms with Crippen LogP contribution in [0, 0.1) is 0 Å². The van der Waals surface area contributed by atoms with Crippen LogP contribution in [0.5, 0.6) is 0 Å². The number of rotatable bonds is 11. The summed E-state index contributed by atoms with van der Waals surface area (Å²) < 4.78 is 2.08. The Morgan fingerprint density at radius 3 is 2.52 bits per heavy atom. The van der Waals surface area contributed by atoms with Crippen LogP contribution in [0.4, 0.5) is 0 Å². The number of aromatic nitrogens is 2. The van der Waals surface area contributed by atoms with E-state index in [0.29, 0.717) is 0 Å². The summed E-state index contributed by atoms with van der Waals surface area (Å²) in [5.74, 6) is 0. The molecule has 3 nitrogen and oxygen atoms in total. The predicted octanol–water partition coefficient (Wildman–Crippen LogP) is 4.56. The summed E-state index contributed by atoms with van der Waals surface area (Å²) in [6.07, 6.45) is 15.2. The van der Waals surface area contributed by atoms with E-state index in [0.717, 1.165) is 24.4 Å². The molecule has 0 radical (unpaired) electrons. The maximum atomic E-state index is 4.59. The van der Waals surface area contributed by atoms with Crippen molar-refractivity contribution in [1.82, 2.24) is 14.7 Å². The van der Waals surface area contributed by atoms with Crippen molar-refractivity contribution >= 4 is 5.65 Å². The van der Waals surface area contributed by atoms with Gasteiger partial charge >= 0.3 is 0 Å². The average Bonchev–Trinajstić information content (AvgIpc) is 2.92. The molecule has 2 aromatic rings. The van der Waals surface area contributed by atoms with Crippen LogP contribution in [0.3, 0.4) is 0 Å². The second-order valence-electron chi connectivity index (χ2n) is 5.85. The van der Waals surface area contributed by atoms with Crippen molar-refractivity contribution in [2.75, 3.05) is 6.54 Å². The molecular formula is C18H29N3. The Hall–Kier alpha value is -1.35. The van der Waals surface area contributed by atoms with Crippen LogP contribution >= 0.6 is 0 Å². The molecule has 0 amide bonds. The summed E-state index contributed by atoms with van der Waals surface area (Å²) in [6.45, 7) is 4.25. The standard InChI is InChI=1S/C18H29N3/c1-2-3-4-5-6-7-8-10-13-19-15-17-16-21-14-11-9-12-18(21)20-17/h9,11-12,14,16,19H,2-8,10,13,15H2,1H3. The molecule has 2 rings (SSSR count). The monoisotopic (exact) mass is 287 g/mol. The van der Waals surface area contributed by atoms with Crippen LogP contribution in [0.15, 0.2) is 30.6 Å².